The second-order valence-electron chi connectivity index (χ2n) is 8.06. The van der Waals surface area contributed by atoms with E-state index in [0.29, 0.717) is 10.0 Å². The van der Waals surface area contributed by atoms with E-state index in [1.165, 1.54) is 0 Å². The lowest BCUT2D eigenvalue weighted by molar-refractivity contribution is 0.0218. The van der Waals surface area contributed by atoms with E-state index in [4.69, 9.17) is 32.7 Å². The Hall–Kier alpha value is -1.91. The van der Waals surface area contributed by atoms with Gasteiger partial charge >= 0.3 is 6.09 Å². The number of nitrogens with zero attached hydrogens (tertiary/aromatic N) is 1. The topological polar surface area (TPSA) is 38.8 Å². The molecule has 0 saturated carbocycles. The zero-order valence-electron chi connectivity index (χ0n) is 16.8. The number of amides is 1. The molecule has 28 heavy (non-hydrogen) atoms. The largest absolute Gasteiger partial charge is 0.497 e. The Bertz CT molecular complexity index is 892. The molecule has 0 N–H and O–H groups in total. The normalized spacial score (nSPS) is 18.5. The summed E-state index contributed by atoms with van der Waals surface area (Å²) in [7, 11) is 3.43. The minimum Gasteiger partial charge on any atom is -0.497 e. The van der Waals surface area contributed by atoms with Gasteiger partial charge in [0.2, 0.25) is 0 Å². The first-order valence-electron chi connectivity index (χ1n) is 9.19. The fraction of sp³-hybridized carbons (Fsp3) is 0.409. The maximum absolute atomic E-state index is 12.7. The van der Waals surface area contributed by atoms with Crippen LogP contribution in [0.4, 0.5) is 4.79 Å². The van der Waals surface area contributed by atoms with Gasteiger partial charge in [-0.05, 0) is 68.1 Å². The molecule has 1 amide bonds. The number of halogens is 2. The molecule has 4 nitrogen and oxygen atoms in total. The van der Waals surface area contributed by atoms with Crippen molar-refractivity contribution in [2.24, 2.45) is 0 Å². The molecule has 0 bridgehead atoms. The summed E-state index contributed by atoms with van der Waals surface area (Å²) >= 11 is 12.4. The maximum Gasteiger partial charge on any atom is 0.410 e. The minimum atomic E-state index is -0.546. The van der Waals surface area contributed by atoms with E-state index in [0.717, 1.165) is 28.9 Å². The lowest BCUT2D eigenvalue weighted by Gasteiger charge is -2.29. The molecule has 2 aromatic carbocycles. The van der Waals surface area contributed by atoms with E-state index in [1.807, 2.05) is 57.2 Å². The molecule has 6 heteroatoms. The van der Waals surface area contributed by atoms with Gasteiger partial charge < -0.3 is 14.4 Å². The highest BCUT2D eigenvalue weighted by Crippen LogP contribution is 2.48. The summed E-state index contributed by atoms with van der Waals surface area (Å²) in [6, 6.07) is 11.6. The second kappa shape index (κ2) is 7.84. The van der Waals surface area contributed by atoms with Crippen LogP contribution < -0.4 is 4.74 Å². The van der Waals surface area contributed by atoms with Crippen LogP contribution in [0.25, 0.3) is 0 Å². The molecule has 2 atom stereocenters. The van der Waals surface area contributed by atoms with E-state index in [1.54, 1.807) is 19.1 Å². The first kappa shape index (κ1) is 20.8. The van der Waals surface area contributed by atoms with Crippen LogP contribution in [0.5, 0.6) is 5.75 Å². The summed E-state index contributed by atoms with van der Waals surface area (Å²) in [6.07, 6.45) is 0.394. The quantitative estimate of drug-likeness (QED) is 0.571. The van der Waals surface area contributed by atoms with Crippen LogP contribution >= 0.6 is 23.2 Å². The molecule has 0 heterocycles. The number of benzene rings is 2. The number of ether oxygens (including phenoxy) is 2. The van der Waals surface area contributed by atoms with Gasteiger partial charge in [0.15, 0.2) is 0 Å². The lowest BCUT2D eigenvalue weighted by Crippen LogP contribution is -2.36. The molecular weight excluding hydrogens is 397 g/mol. The van der Waals surface area contributed by atoms with Crippen LogP contribution in [0.1, 0.15) is 55.8 Å². The molecule has 0 spiro atoms. The van der Waals surface area contributed by atoms with Crippen molar-refractivity contribution < 1.29 is 14.3 Å². The van der Waals surface area contributed by atoms with Gasteiger partial charge in [0, 0.05) is 13.0 Å². The van der Waals surface area contributed by atoms with Gasteiger partial charge in [-0.15, -0.1) is 0 Å². The van der Waals surface area contributed by atoms with Gasteiger partial charge in [-0.25, -0.2) is 4.79 Å². The van der Waals surface area contributed by atoms with Crippen molar-refractivity contribution in [3.63, 3.8) is 0 Å². The fourth-order valence-corrected chi connectivity index (χ4v) is 3.94. The zero-order chi connectivity index (χ0) is 20.6. The van der Waals surface area contributed by atoms with Crippen LogP contribution in [0.3, 0.4) is 0 Å². The number of carbonyl (C=O) groups is 1. The Morgan fingerprint density at radius 2 is 1.79 bits per heavy atom. The van der Waals surface area contributed by atoms with Crippen molar-refractivity contribution >= 4 is 29.3 Å². The van der Waals surface area contributed by atoms with Crippen LogP contribution in [0.15, 0.2) is 36.4 Å². The van der Waals surface area contributed by atoms with Crippen LogP contribution in [0, 0.1) is 0 Å². The SMILES string of the molecule is COc1ccc2c(c1)[C@H](c1ccc(Cl)c(Cl)c1)C[C@H]2N(C)C(=O)OC(C)(C)C. The van der Waals surface area contributed by atoms with E-state index >= 15 is 0 Å². The third kappa shape index (κ3) is 4.23. The molecule has 1 aliphatic carbocycles. The molecule has 2 aromatic rings. The maximum atomic E-state index is 12.7. The van der Waals surface area contributed by atoms with Crippen molar-refractivity contribution in [3.8, 4) is 5.75 Å². The second-order valence-corrected chi connectivity index (χ2v) is 8.88. The van der Waals surface area contributed by atoms with Gasteiger partial charge in [-0.1, -0.05) is 35.3 Å². The van der Waals surface area contributed by atoms with Crippen LogP contribution in [-0.2, 0) is 4.74 Å². The minimum absolute atomic E-state index is 0.0785. The van der Waals surface area contributed by atoms with Gasteiger partial charge in [-0.2, -0.15) is 0 Å². The predicted molar refractivity (Wildman–Crippen MR) is 113 cm³/mol. The molecule has 150 valence electrons. The van der Waals surface area contributed by atoms with Gasteiger partial charge in [0.1, 0.15) is 11.4 Å². The molecule has 0 aliphatic heterocycles. The third-order valence-corrected chi connectivity index (χ3v) is 5.72. The van der Waals surface area contributed by atoms with E-state index in [9.17, 15) is 4.79 Å². The van der Waals surface area contributed by atoms with Crippen molar-refractivity contribution in [1.82, 2.24) is 4.90 Å². The van der Waals surface area contributed by atoms with Gasteiger partial charge in [0.05, 0.1) is 23.2 Å². The van der Waals surface area contributed by atoms with E-state index < -0.39 is 5.60 Å². The summed E-state index contributed by atoms with van der Waals surface area (Å²) in [5.41, 5.74) is 2.72. The number of methoxy groups -OCH3 is 1. The first-order chi connectivity index (χ1) is 13.1. The Kier molecular flexibility index (Phi) is 5.83. The van der Waals surface area contributed by atoms with Crippen molar-refractivity contribution in [3.05, 3.63) is 63.1 Å². The molecule has 1 aliphatic rings. The average molecular weight is 422 g/mol. The molecule has 0 aromatic heterocycles. The standard InChI is InChI=1S/C22H25Cl2NO3/c1-22(2,3)28-21(26)25(4)20-12-16(13-6-9-18(23)19(24)10-13)17-11-14(27-5)7-8-15(17)20/h6-11,16,20H,12H2,1-5H3/t16-,20+/m0/s1. The Morgan fingerprint density at radius 3 is 2.39 bits per heavy atom. The smallest absolute Gasteiger partial charge is 0.410 e. The molecule has 0 radical (unpaired) electrons. The van der Waals surface area contributed by atoms with Crippen LogP contribution in [0.2, 0.25) is 10.0 Å². The number of fused-ring (bicyclic) bond motifs is 1. The summed E-state index contributed by atoms with van der Waals surface area (Å²) in [4.78, 5) is 14.3. The fourth-order valence-electron chi connectivity index (χ4n) is 3.63. The first-order valence-corrected chi connectivity index (χ1v) is 9.95. The molecule has 3 rings (SSSR count). The number of rotatable bonds is 3. The summed E-state index contributed by atoms with van der Waals surface area (Å²) in [6.45, 7) is 5.60. The monoisotopic (exact) mass is 421 g/mol. The van der Waals surface area contributed by atoms with Gasteiger partial charge in [-0.3, -0.25) is 0 Å². The molecule has 0 fully saturated rings. The summed E-state index contributed by atoms with van der Waals surface area (Å²) < 4.78 is 11.0. The number of hydrogen-bond donors (Lipinski definition) is 0. The van der Waals surface area contributed by atoms with Crippen molar-refractivity contribution in [2.75, 3.05) is 14.2 Å². The Balaban J connectivity index is 1.99. The van der Waals surface area contributed by atoms with Crippen LogP contribution in [-0.4, -0.2) is 30.8 Å². The highest BCUT2D eigenvalue weighted by Gasteiger charge is 2.37. The summed E-state index contributed by atoms with van der Waals surface area (Å²) in [5.74, 6) is 0.860. The van der Waals surface area contributed by atoms with E-state index in [2.05, 4.69) is 0 Å². The van der Waals surface area contributed by atoms with Crippen molar-refractivity contribution in [2.45, 2.75) is 44.8 Å². The molecule has 0 saturated heterocycles. The lowest BCUT2D eigenvalue weighted by atomic mass is 9.93. The molecular formula is C22H25Cl2NO3. The molecule has 0 unspecified atom stereocenters. The zero-order valence-corrected chi connectivity index (χ0v) is 18.3. The van der Waals surface area contributed by atoms with Gasteiger partial charge in [0.25, 0.3) is 0 Å². The highest BCUT2D eigenvalue weighted by molar-refractivity contribution is 6.42. The third-order valence-electron chi connectivity index (χ3n) is 4.98. The van der Waals surface area contributed by atoms with Crippen molar-refractivity contribution in [1.29, 1.82) is 0 Å². The Labute approximate surface area is 176 Å². The summed E-state index contributed by atoms with van der Waals surface area (Å²) in [5, 5.41) is 1.05. The Morgan fingerprint density at radius 1 is 1.07 bits per heavy atom. The predicted octanol–water partition coefficient (Wildman–Crippen LogP) is 6.45. The number of carbonyl (C=O) groups excluding carboxylic acids is 1. The number of hydrogen-bond acceptors (Lipinski definition) is 3. The highest BCUT2D eigenvalue weighted by atomic mass is 35.5. The average Bonchev–Trinajstić information content (AvgIpc) is 3.00. The van der Waals surface area contributed by atoms with E-state index in [-0.39, 0.29) is 18.1 Å².